The molecule has 11 heteroatoms. The van der Waals surface area contributed by atoms with Gasteiger partial charge in [0.25, 0.3) is 5.69 Å². The first-order valence-electron chi connectivity index (χ1n) is 6.37. The van der Waals surface area contributed by atoms with E-state index >= 15 is 0 Å². The molecule has 0 aliphatic rings. The molecule has 0 atom stereocenters. The lowest BCUT2D eigenvalue weighted by molar-refractivity contribution is -0.384. The van der Waals surface area contributed by atoms with Gasteiger partial charge in [0.2, 0.25) is 10.9 Å². The van der Waals surface area contributed by atoms with E-state index in [-0.39, 0.29) is 17.3 Å². The number of anilines is 1. The number of aromatic nitrogens is 4. The summed E-state index contributed by atoms with van der Waals surface area (Å²) >= 11 is 2.60. The van der Waals surface area contributed by atoms with Crippen LogP contribution in [0.5, 0.6) is 0 Å². The van der Waals surface area contributed by atoms with Crippen LogP contribution in [0.1, 0.15) is 5.56 Å². The summed E-state index contributed by atoms with van der Waals surface area (Å²) in [6.45, 7) is 1.77. The fraction of sp³-hybridized carbons (Fsp3) is 0.167. The van der Waals surface area contributed by atoms with Crippen LogP contribution >= 0.6 is 23.1 Å². The molecule has 0 spiro atoms. The lowest BCUT2D eigenvalue weighted by Gasteiger charge is -2.07. The van der Waals surface area contributed by atoms with Crippen molar-refractivity contribution in [3.8, 4) is 0 Å². The zero-order valence-electron chi connectivity index (χ0n) is 11.8. The molecule has 3 rings (SSSR count). The summed E-state index contributed by atoms with van der Waals surface area (Å²) in [6.07, 6.45) is 1.49. The van der Waals surface area contributed by atoms with E-state index in [2.05, 4.69) is 20.6 Å². The number of aryl methyl sites for hydroxylation is 1. The topological polar surface area (TPSA) is 115 Å². The van der Waals surface area contributed by atoms with E-state index in [1.807, 2.05) is 0 Å². The number of hydrogen-bond donors (Lipinski definition) is 1. The number of nitrogens with one attached hydrogen (secondary N) is 1. The van der Waals surface area contributed by atoms with Crippen LogP contribution in [0.3, 0.4) is 0 Å². The van der Waals surface area contributed by atoms with Crippen LogP contribution in [0.2, 0.25) is 0 Å². The summed E-state index contributed by atoms with van der Waals surface area (Å²) in [7, 11) is 0. The molecule has 0 saturated heterocycles. The molecular weight excluding hydrogens is 340 g/mol. The molecule has 2 aromatic heterocycles. The summed E-state index contributed by atoms with van der Waals surface area (Å²) in [5, 5.41) is 25.2. The molecular formula is C12H10N6O3S2. The smallest absolute Gasteiger partial charge is 0.271 e. The average Bonchev–Trinajstić information content (AvgIpc) is 3.08. The molecule has 0 radical (unpaired) electrons. The molecule has 9 nitrogen and oxygen atoms in total. The normalized spacial score (nSPS) is 10.8. The Labute approximate surface area is 137 Å². The van der Waals surface area contributed by atoms with E-state index in [0.717, 1.165) is 5.56 Å². The van der Waals surface area contributed by atoms with Crippen LogP contribution in [0.15, 0.2) is 28.9 Å². The van der Waals surface area contributed by atoms with E-state index in [1.54, 1.807) is 13.0 Å². The number of hydrogen-bond acceptors (Lipinski definition) is 8. The first kappa shape index (κ1) is 15.4. The molecule has 1 aromatic carbocycles. The van der Waals surface area contributed by atoms with Crippen molar-refractivity contribution in [2.24, 2.45) is 0 Å². The fourth-order valence-electron chi connectivity index (χ4n) is 1.77. The van der Waals surface area contributed by atoms with Crippen LogP contribution in [0, 0.1) is 17.0 Å². The Balaban J connectivity index is 1.64. The highest BCUT2D eigenvalue weighted by atomic mass is 32.2. The largest absolute Gasteiger partial charge is 0.325 e. The number of benzene rings is 1. The Morgan fingerprint density at radius 1 is 1.52 bits per heavy atom. The number of fused-ring (bicyclic) bond motifs is 1. The van der Waals surface area contributed by atoms with Gasteiger partial charge in [-0.1, -0.05) is 29.2 Å². The molecule has 0 bridgehead atoms. The van der Waals surface area contributed by atoms with Gasteiger partial charge in [-0.05, 0) is 12.5 Å². The second-order valence-corrected chi connectivity index (χ2v) is 6.70. The van der Waals surface area contributed by atoms with Crippen LogP contribution in [0.4, 0.5) is 11.4 Å². The minimum Gasteiger partial charge on any atom is -0.325 e. The van der Waals surface area contributed by atoms with Crippen molar-refractivity contribution in [2.75, 3.05) is 11.1 Å². The van der Waals surface area contributed by atoms with E-state index in [4.69, 9.17) is 0 Å². The molecule has 0 saturated carbocycles. The number of nitro groups is 1. The second kappa shape index (κ2) is 6.30. The zero-order valence-corrected chi connectivity index (χ0v) is 13.4. The highest BCUT2D eigenvalue weighted by Crippen LogP contribution is 2.25. The summed E-state index contributed by atoms with van der Waals surface area (Å²) in [5.74, 6) is -0.115. The minimum absolute atomic E-state index is 0.0628. The number of rotatable bonds is 5. The van der Waals surface area contributed by atoms with E-state index in [1.165, 1.54) is 46.1 Å². The van der Waals surface area contributed by atoms with Crippen molar-refractivity contribution in [1.29, 1.82) is 0 Å². The SMILES string of the molecule is Cc1ccc([N+](=O)[O-])cc1NC(=O)CSc1nn2cnnc2s1. The minimum atomic E-state index is -0.497. The van der Waals surface area contributed by atoms with Crippen molar-refractivity contribution in [3.05, 3.63) is 40.2 Å². The first-order valence-corrected chi connectivity index (χ1v) is 8.17. The van der Waals surface area contributed by atoms with E-state index in [0.29, 0.717) is 15.0 Å². The first-order chi connectivity index (χ1) is 11.0. The molecule has 0 fully saturated rings. The Kier molecular flexibility index (Phi) is 4.21. The summed E-state index contributed by atoms with van der Waals surface area (Å²) in [5.41, 5.74) is 1.13. The van der Waals surface area contributed by atoms with Gasteiger partial charge in [-0.15, -0.1) is 15.3 Å². The Morgan fingerprint density at radius 3 is 3.09 bits per heavy atom. The molecule has 2 heterocycles. The van der Waals surface area contributed by atoms with Crippen molar-refractivity contribution in [1.82, 2.24) is 19.8 Å². The third-order valence-electron chi connectivity index (χ3n) is 2.90. The number of carbonyl (C=O) groups is 1. The monoisotopic (exact) mass is 350 g/mol. The molecule has 23 heavy (non-hydrogen) atoms. The van der Waals surface area contributed by atoms with Crippen LogP contribution in [-0.2, 0) is 4.79 Å². The van der Waals surface area contributed by atoms with Gasteiger partial charge >= 0.3 is 0 Å². The van der Waals surface area contributed by atoms with Crippen molar-refractivity contribution in [3.63, 3.8) is 0 Å². The molecule has 118 valence electrons. The van der Waals surface area contributed by atoms with E-state index < -0.39 is 4.92 Å². The van der Waals surface area contributed by atoms with Crippen LogP contribution in [0.25, 0.3) is 4.96 Å². The van der Waals surface area contributed by atoms with Gasteiger partial charge in [-0.3, -0.25) is 14.9 Å². The van der Waals surface area contributed by atoms with Gasteiger partial charge < -0.3 is 5.32 Å². The van der Waals surface area contributed by atoms with Gasteiger partial charge in [0.15, 0.2) is 4.34 Å². The molecule has 1 N–H and O–H groups in total. The Hall–Kier alpha value is -2.53. The van der Waals surface area contributed by atoms with Gasteiger partial charge in [0.05, 0.1) is 16.4 Å². The summed E-state index contributed by atoms with van der Waals surface area (Å²) in [6, 6.07) is 4.35. The second-order valence-electron chi connectivity index (χ2n) is 4.52. The zero-order chi connectivity index (χ0) is 16.4. The molecule has 0 aliphatic heterocycles. The highest BCUT2D eigenvalue weighted by Gasteiger charge is 2.13. The van der Waals surface area contributed by atoms with Crippen molar-refractivity contribution < 1.29 is 9.72 Å². The molecule has 1 amide bonds. The number of non-ortho nitro benzene ring substituents is 1. The third kappa shape index (κ3) is 3.46. The molecule has 0 unspecified atom stereocenters. The number of carbonyl (C=O) groups excluding carboxylic acids is 1. The van der Waals surface area contributed by atoms with Gasteiger partial charge in [0.1, 0.15) is 6.33 Å². The molecule has 3 aromatic rings. The predicted molar refractivity (Wildman–Crippen MR) is 85.8 cm³/mol. The maximum atomic E-state index is 12.0. The summed E-state index contributed by atoms with van der Waals surface area (Å²) in [4.78, 5) is 23.0. The van der Waals surface area contributed by atoms with E-state index in [9.17, 15) is 14.9 Å². The molecule has 0 aliphatic carbocycles. The maximum absolute atomic E-state index is 12.0. The van der Waals surface area contributed by atoms with Crippen LogP contribution in [-0.4, -0.2) is 36.4 Å². The lowest BCUT2D eigenvalue weighted by atomic mass is 10.2. The quantitative estimate of drug-likeness (QED) is 0.426. The Morgan fingerprint density at radius 2 is 2.35 bits per heavy atom. The maximum Gasteiger partial charge on any atom is 0.271 e. The van der Waals surface area contributed by atoms with Crippen LogP contribution < -0.4 is 5.32 Å². The number of thioether (sulfide) groups is 1. The third-order valence-corrected chi connectivity index (χ3v) is 4.95. The fourth-order valence-corrected chi connectivity index (χ4v) is 3.43. The lowest BCUT2D eigenvalue weighted by Crippen LogP contribution is -2.15. The van der Waals surface area contributed by atoms with Gasteiger partial charge in [-0.25, -0.2) is 0 Å². The number of nitro benzene ring substituents is 1. The number of amides is 1. The van der Waals surface area contributed by atoms with Gasteiger partial charge in [0, 0.05) is 12.1 Å². The van der Waals surface area contributed by atoms with Gasteiger partial charge in [-0.2, -0.15) is 4.52 Å². The summed E-state index contributed by atoms with van der Waals surface area (Å²) < 4.78 is 2.23. The average molecular weight is 350 g/mol. The predicted octanol–water partition coefficient (Wildman–Crippen LogP) is 2.13. The number of nitrogens with zero attached hydrogens (tertiary/aromatic N) is 5. The highest BCUT2D eigenvalue weighted by molar-refractivity contribution is 8.01. The van der Waals surface area contributed by atoms with Crippen molar-refractivity contribution >= 4 is 45.3 Å². The van der Waals surface area contributed by atoms with Crippen molar-refractivity contribution in [2.45, 2.75) is 11.3 Å². The standard InChI is InChI=1S/C12H10N6O3S2/c1-7-2-3-8(18(20)21)4-9(7)14-10(19)5-22-12-16-17-6-13-15-11(17)23-12/h2-4,6H,5H2,1H3,(H,14,19). The Bertz CT molecular complexity index is 861.